The fourth-order valence-corrected chi connectivity index (χ4v) is 2.44. The summed E-state index contributed by atoms with van der Waals surface area (Å²) in [5.41, 5.74) is 5.15. The lowest BCUT2D eigenvalue weighted by molar-refractivity contribution is -0.133. The number of aliphatic hydroxyl groups excluding tert-OH is 1. The number of rotatable bonds is 5. The molecule has 0 saturated heterocycles. The molecule has 0 aliphatic rings. The van der Waals surface area contributed by atoms with E-state index < -0.39 is 41.7 Å². The molecule has 0 spiro atoms. The molecule has 2 rings (SSSR count). The number of Topliss-reactive ketones (excluding diaryl/α,β-unsaturated/α-hetero) is 2. The van der Waals surface area contributed by atoms with E-state index in [9.17, 15) is 27.6 Å². The van der Waals surface area contributed by atoms with Crippen LogP contribution >= 0.6 is 0 Å². The Morgan fingerprint density at radius 3 is 1.67 bits per heavy atom. The highest BCUT2D eigenvalue weighted by molar-refractivity contribution is 6.00. The monoisotopic (exact) mass is 469 g/mol. The SMILES string of the molecule is CC.CC.CC(=O)c1ccc(-c2c(C)c(F)c(C)c(F)c2F)cc1.CC(C(N)=O)C(=O)CO. The zero-order valence-electron chi connectivity index (χ0n) is 20.5. The average Bonchev–Trinajstić information content (AvgIpc) is 2.83. The average molecular weight is 470 g/mol. The van der Waals surface area contributed by atoms with Crippen molar-refractivity contribution in [1.82, 2.24) is 0 Å². The Hall–Kier alpha value is -3.00. The lowest BCUT2D eigenvalue weighted by Gasteiger charge is -2.12. The van der Waals surface area contributed by atoms with Gasteiger partial charge in [-0.15, -0.1) is 0 Å². The molecule has 0 aliphatic heterocycles. The number of hydrogen-bond acceptors (Lipinski definition) is 4. The van der Waals surface area contributed by atoms with Gasteiger partial charge in [0.25, 0.3) is 0 Å². The third-order valence-electron chi connectivity index (χ3n) is 4.42. The van der Waals surface area contributed by atoms with Gasteiger partial charge in [-0.05, 0) is 38.8 Å². The Morgan fingerprint density at radius 1 is 0.879 bits per heavy atom. The van der Waals surface area contributed by atoms with Gasteiger partial charge in [-0.3, -0.25) is 14.4 Å². The van der Waals surface area contributed by atoms with Crippen LogP contribution < -0.4 is 5.73 Å². The van der Waals surface area contributed by atoms with Crippen molar-refractivity contribution < 1.29 is 32.7 Å². The molecule has 0 heterocycles. The van der Waals surface area contributed by atoms with Crippen molar-refractivity contribution in [3.05, 3.63) is 58.4 Å². The van der Waals surface area contributed by atoms with E-state index in [1.807, 2.05) is 27.7 Å². The predicted octanol–water partition coefficient (Wildman–Crippen LogP) is 5.31. The summed E-state index contributed by atoms with van der Waals surface area (Å²) in [5, 5.41) is 8.20. The Kier molecular flexibility index (Phi) is 15.4. The predicted molar refractivity (Wildman–Crippen MR) is 124 cm³/mol. The Bertz CT molecular complexity index is 913. The van der Waals surface area contributed by atoms with Crippen LogP contribution in [0.25, 0.3) is 11.1 Å². The lowest BCUT2D eigenvalue weighted by Crippen LogP contribution is -2.29. The van der Waals surface area contributed by atoms with Gasteiger partial charge in [-0.25, -0.2) is 13.2 Å². The minimum atomic E-state index is -1.18. The van der Waals surface area contributed by atoms with E-state index in [1.165, 1.54) is 52.0 Å². The van der Waals surface area contributed by atoms with Crippen LogP contribution in [0.4, 0.5) is 13.2 Å². The largest absolute Gasteiger partial charge is 0.389 e. The maximum atomic E-state index is 14.0. The first-order valence-corrected chi connectivity index (χ1v) is 10.6. The second kappa shape index (κ2) is 15.7. The number of amides is 1. The van der Waals surface area contributed by atoms with Gasteiger partial charge in [0.05, 0.1) is 5.92 Å². The van der Waals surface area contributed by atoms with Crippen molar-refractivity contribution in [2.24, 2.45) is 11.7 Å². The number of nitrogens with two attached hydrogens (primary N) is 1. The Labute approximate surface area is 193 Å². The van der Waals surface area contributed by atoms with E-state index in [-0.39, 0.29) is 22.5 Å². The smallest absolute Gasteiger partial charge is 0.227 e. The van der Waals surface area contributed by atoms with Crippen LogP contribution in [0.1, 0.15) is 63.0 Å². The zero-order valence-corrected chi connectivity index (χ0v) is 20.5. The number of ketones is 2. The highest BCUT2D eigenvalue weighted by atomic mass is 19.2. The molecule has 0 bridgehead atoms. The third kappa shape index (κ3) is 8.81. The highest BCUT2D eigenvalue weighted by Crippen LogP contribution is 2.32. The molecule has 1 amide bonds. The van der Waals surface area contributed by atoms with Gasteiger partial charge in [0.1, 0.15) is 12.4 Å². The van der Waals surface area contributed by atoms with Crippen LogP contribution in [0.2, 0.25) is 0 Å². The Balaban J connectivity index is 0. The summed E-state index contributed by atoms with van der Waals surface area (Å²) in [6, 6.07) is 5.98. The maximum Gasteiger partial charge on any atom is 0.227 e. The number of halogens is 3. The van der Waals surface area contributed by atoms with Crippen molar-refractivity contribution in [2.45, 2.75) is 55.4 Å². The van der Waals surface area contributed by atoms with Crippen molar-refractivity contribution >= 4 is 17.5 Å². The molecule has 184 valence electrons. The highest BCUT2D eigenvalue weighted by Gasteiger charge is 2.21. The molecule has 2 aromatic rings. The van der Waals surface area contributed by atoms with Crippen LogP contribution in [-0.4, -0.2) is 29.2 Å². The summed E-state index contributed by atoms with van der Waals surface area (Å²) in [5.74, 6) is -5.24. The third-order valence-corrected chi connectivity index (χ3v) is 4.42. The molecule has 0 radical (unpaired) electrons. The van der Waals surface area contributed by atoms with Gasteiger partial charge in [0.2, 0.25) is 5.91 Å². The van der Waals surface area contributed by atoms with Crippen LogP contribution in [0.5, 0.6) is 0 Å². The summed E-state index contributed by atoms with van der Waals surface area (Å²) in [6.45, 7) is 12.7. The molecule has 33 heavy (non-hydrogen) atoms. The molecule has 3 N–H and O–H groups in total. The minimum absolute atomic E-state index is 0.0528. The van der Waals surface area contributed by atoms with Crippen LogP contribution in [0.3, 0.4) is 0 Å². The molecule has 5 nitrogen and oxygen atoms in total. The fraction of sp³-hybridized carbons (Fsp3) is 0.400. The normalized spacial score (nSPS) is 10.3. The number of hydrogen-bond donors (Lipinski definition) is 2. The molecule has 0 aliphatic carbocycles. The lowest BCUT2D eigenvalue weighted by atomic mass is 9.95. The summed E-state index contributed by atoms with van der Waals surface area (Å²) in [6.07, 6.45) is 0. The van der Waals surface area contributed by atoms with Gasteiger partial charge < -0.3 is 10.8 Å². The zero-order chi connectivity index (χ0) is 26.5. The molecule has 2 aromatic carbocycles. The van der Waals surface area contributed by atoms with Gasteiger partial charge in [-0.2, -0.15) is 0 Å². The quantitative estimate of drug-likeness (QED) is 0.352. The molecular weight excluding hydrogens is 435 g/mol. The van der Waals surface area contributed by atoms with Gasteiger partial charge >= 0.3 is 0 Å². The first-order valence-electron chi connectivity index (χ1n) is 10.6. The van der Waals surface area contributed by atoms with Crippen molar-refractivity contribution in [2.75, 3.05) is 6.61 Å². The van der Waals surface area contributed by atoms with E-state index in [0.717, 1.165) is 0 Å². The topological polar surface area (TPSA) is 97.5 Å². The maximum absolute atomic E-state index is 14.0. The summed E-state index contributed by atoms with van der Waals surface area (Å²) in [7, 11) is 0. The van der Waals surface area contributed by atoms with Crippen molar-refractivity contribution in [1.29, 1.82) is 0 Å². The first-order chi connectivity index (χ1) is 15.4. The molecule has 8 heteroatoms. The fourth-order valence-electron chi connectivity index (χ4n) is 2.44. The number of carbonyl (C=O) groups excluding carboxylic acids is 3. The molecule has 0 fully saturated rings. The van der Waals surface area contributed by atoms with E-state index >= 15 is 0 Å². The molecule has 0 saturated carbocycles. The van der Waals surface area contributed by atoms with Gasteiger partial charge in [-0.1, -0.05) is 52.0 Å². The second-order valence-corrected chi connectivity index (χ2v) is 6.45. The minimum Gasteiger partial charge on any atom is -0.389 e. The van der Waals surface area contributed by atoms with E-state index in [4.69, 9.17) is 10.8 Å². The summed E-state index contributed by atoms with van der Waals surface area (Å²) in [4.78, 5) is 31.8. The van der Waals surface area contributed by atoms with E-state index in [1.54, 1.807) is 0 Å². The molecular formula is C25H34F3NO4. The number of benzene rings is 2. The number of aliphatic hydroxyl groups is 1. The first kappa shape index (κ1) is 32.2. The van der Waals surface area contributed by atoms with Crippen LogP contribution in [-0.2, 0) is 9.59 Å². The van der Waals surface area contributed by atoms with E-state index in [0.29, 0.717) is 11.1 Å². The number of primary amides is 1. The molecule has 0 aromatic heterocycles. The van der Waals surface area contributed by atoms with Crippen molar-refractivity contribution in [3.63, 3.8) is 0 Å². The standard InChI is InChI=1S/C16H13F3O.C5H9NO3.2C2H6/c1-8-13(16(19)15(18)9(2)14(8)17)12-6-4-11(5-7-12)10(3)20;1-3(5(6)9)4(8)2-7;2*1-2/h4-7H,1-3H3;3,7H,2H2,1H3,(H2,6,9);2*1-2H3. The molecule has 1 unspecified atom stereocenters. The summed E-state index contributed by atoms with van der Waals surface area (Å²) >= 11 is 0. The number of carbonyl (C=O) groups is 3. The van der Waals surface area contributed by atoms with Gasteiger partial charge in [0.15, 0.2) is 23.2 Å². The summed E-state index contributed by atoms with van der Waals surface area (Å²) < 4.78 is 41.6. The van der Waals surface area contributed by atoms with Crippen molar-refractivity contribution in [3.8, 4) is 11.1 Å². The van der Waals surface area contributed by atoms with Gasteiger partial charge in [0, 0.05) is 16.7 Å². The Morgan fingerprint density at radius 2 is 1.33 bits per heavy atom. The van der Waals surface area contributed by atoms with Crippen LogP contribution in [0, 0.1) is 37.2 Å². The molecule has 1 atom stereocenters. The second-order valence-electron chi connectivity index (χ2n) is 6.45. The van der Waals surface area contributed by atoms with Crippen LogP contribution in [0.15, 0.2) is 24.3 Å². The van der Waals surface area contributed by atoms with E-state index in [2.05, 4.69) is 0 Å².